The van der Waals surface area contributed by atoms with Gasteiger partial charge < -0.3 is 0 Å². The van der Waals surface area contributed by atoms with Crippen molar-refractivity contribution in [3.8, 4) is 0 Å². The fourth-order valence-corrected chi connectivity index (χ4v) is 10.5. The molecule has 12 nitrogen and oxygen atoms in total. The summed E-state index contributed by atoms with van der Waals surface area (Å²) in [6.07, 6.45) is 10.8. The van der Waals surface area contributed by atoms with Crippen LogP contribution in [0.3, 0.4) is 0 Å². The first-order valence-corrected chi connectivity index (χ1v) is 18.4. The molecule has 248 valence electrons. The average molecular weight is 613 g/mol. The van der Waals surface area contributed by atoms with Gasteiger partial charge in [0.1, 0.15) is 0 Å². The van der Waals surface area contributed by atoms with Crippen molar-refractivity contribution >= 4 is 0 Å². The standard InChI is InChI=1S/C32H60N12/c1-9-33-17-35-11-3-30-5-13-37(25-42(30)23-35)19-38-15-7-32-8-16-40(28-44(32)27-38)20-39-14-6-31-4-12-36(24-43(31)26-39)18-34-10-2-29(1)41(21-33)22-34/h29-32H,1-28H2. The molecule has 9 saturated heterocycles. The van der Waals surface area contributed by atoms with Crippen LogP contribution in [-0.2, 0) is 0 Å². The largest absolute Gasteiger partial charge is 0.277 e. The van der Waals surface area contributed by atoms with E-state index < -0.39 is 0 Å². The van der Waals surface area contributed by atoms with Crippen LogP contribution in [0.25, 0.3) is 0 Å². The lowest BCUT2D eigenvalue weighted by Crippen LogP contribution is -2.65. The molecule has 8 atom stereocenters. The first kappa shape index (κ1) is 29.6. The van der Waals surface area contributed by atoms with Crippen LogP contribution in [0.1, 0.15) is 51.4 Å². The molecule has 0 aliphatic carbocycles. The van der Waals surface area contributed by atoms with Crippen LogP contribution < -0.4 is 0 Å². The van der Waals surface area contributed by atoms with E-state index in [1.807, 2.05) is 0 Å². The predicted octanol–water partition coefficient (Wildman–Crippen LogP) is -0.182. The second-order valence-electron chi connectivity index (χ2n) is 16.1. The number of hydrogen-bond acceptors (Lipinski definition) is 12. The molecule has 9 fully saturated rings. The lowest BCUT2D eigenvalue weighted by atomic mass is 10.0. The summed E-state index contributed by atoms with van der Waals surface area (Å²) < 4.78 is 0. The molecule has 9 aliphatic heterocycles. The van der Waals surface area contributed by atoms with Gasteiger partial charge in [-0.05, 0) is 51.4 Å². The summed E-state index contributed by atoms with van der Waals surface area (Å²) >= 11 is 0. The lowest BCUT2D eigenvalue weighted by Gasteiger charge is -2.53. The van der Waals surface area contributed by atoms with Gasteiger partial charge in [-0.2, -0.15) is 0 Å². The van der Waals surface area contributed by atoms with Crippen molar-refractivity contribution in [2.24, 2.45) is 0 Å². The summed E-state index contributed by atoms with van der Waals surface area (Å²) in [6, 6.07) is 3.17. The Morgan fingerprint density at radius 3 is 0.523 bits per heavy atom. The molecule has 9 heterocycles. The highest BCUT2D eigenvalue weighted by Gasteiger charge is 2.39. The summed E-state index contributed by atoms with van der Waals surface area (Å²) in [6.45, 7) is 24.0. The third kappa shape index (κ3) is 6.36. The van der Waals surface area contributed by atoms with Gasteiger partial charge in [0.15, 0.2) is 0 Å². The van der Waals surface area contributed by atoms with Gasteiger partial charge in [0.2, 0.25) is 0 Å². The van der Waals surface area contributed by atoms with E-state index in [-0.39, 0.29) is 0 Å². The Kier molecular flexibility index (Phi) is 8.66. The molecule has 0 aromatic rings. The van der Waals surface area contributed by atoms with Gasteiger partial charge in [0, 0.05) is 76.5 Å². The van der Waals surface area contributed by atoms with Gasteiger partial charge in [-0.3, -0.25) is 58.8 Å². The summed E-state index contributed by atoms with van der Waals surface area (Å²) in [5.74, 6) is 0. The summed E-state index contributed by atoms with van der Waals surface area (Å²) in [5, 5.41) is 0. The lowest BCUT2D eigenvalue weighted by molar-refractivity contribution is -0.115. The molecule has 0 N–H and O–H groups in total. The van der Waals surface area contributed by atoms with Crippen molar-refractivity contribution in [2.45, 2.75) is 75.5 Å². The van der Waals surface area contributed by atoms with Crippen molar-refractivity contribution in [1.29, 1.82) is 0 Å². The SMILES string of the molecule is C1CN2CN3CCC4CCN(CN5CCC6CCN(CN7CCC8CCN(CN9CCC1N(C2)C9)CN8C7)CN6C5)CN4C3. The Hall–Kier alpha value is -0.480. The molecule has 44 heavy (non-hydrogen) atoms. The molecule has 9 rings (SSSR count). The molecular weight excluding hydrogens is 552 g/mol. The third-order valence-electron chi connectivity index (χ3n) is 12.9. The van der Waals surface area contributed by atoms with Crippen molar-refractivity contribution in [3.05, 3.63) is 0 Å². The van der Waals surface area contributed by atoms with Crippen LogP contribution in [0.2, 0.25) is 0 Å². The Morgan fingerprint density at radius 2 is 0.364 bits per heavy atom. The second-order valence-corrected chi connectivity index (χ2v) is 16.1. The van der Waals surface area contributed by atoms with E-state index in [1.54, 1.807) is 0 Å². The van der Waals surface area contributed by atoms with Gasteiger partial charge in [0.25, 0.3) is 0 Å². The van der Waals surface area contributed by atoms with E-state index in [2.05, 4.69) is 58.8 Å². The van der Waals surface area contributed by atoms with Crippen LogP contribution >= 0.6 is 0 Å². The number of fused-ring (bicyclic) bond motifs is 8. The summed E-state index contributed by atoms with van der Waals surface area (Å²) in [7, 11) is 0. The van der Waals surface area contributed by atoms with E-state index in [1.165, 1.54) is 104 Å². The van der Waals surface area contributed by atoms with E-state index in [0.717, 1.165) is 104 Å². The fraction of sp³-hybridized carbons (Fsp3) is 1.00. The van der Waals surface area contributed by atoms with Crippen molar-refractivity contribution in [1.82, 2.24) is 58.8 Å². The maximum Gasteiger partial charge on any atom is 0.0532 e. The molecule has 0 amide bonds. The van der Waals surface area contributed by atoms with E-state index in [0.29, 0.717) is 0 Å². The summed E-state index contributed by atoms with van der Waals surface area (Å²) in [4.78, 5) is 33.4. The molecule has 0 aromatic heterocycles. The minimum Gasteiger partial charge on any atom is -0.277 e. The zero-order valence-corrected chi connectivity index (χ0v) is 27.5. The third-order valence-corrected chi connectivity index (χ3v) is 12.9. The summed E-state index contributed by atoms with van der Waals surface area (Å²) in [5.41, 5.74) is 0. The molecule has 0 spiro atoms. The first-order chi connectivity index (χ1) is 21.7. The molecule has 0 saturated carbocycles. The zero-order valence-electron chi connectivity index (χ0n) is 27.5. The Balaban J connectivity index is 0.907. The molecule has 12 bridgehead atoms. The van der Waals surface area contributed by atoms with Crippen molar-refractivity contribution in [3.63, 3.8) is 0 Å². The molecular formula is C32H60N12. The highest BCUT2D eigenvalue weighted by atomic mass is 15.5. The number of rotatable bonds is 0. The van der Waals surface area contributed by atoms with Gasteiger partial charge >= 0.3 is 0 Å². The van der Waals surface area contributed by atoms with E-state index in [4.69, 9.17) is 0 Å². The Labute approximate surface area is 266 Å². The Morgan fingerprint density at radius 1 is 0.205 bits per heavy atom. The van der Waals surface area contributed by atoms with Gasteiger partial charge in [0.05, 0.1) is 80.0 Å². The number of hydrogen-bond donors (Lipinski definition) is 0. The first-order valence-electron chi connectivity index (χ1n) is 18.4. The van der Waals surface area contributed by atoms with Crippen molar-refractivity contribution in [2.75, 3.05) is 132 Å². The smallest absolute Gasteiger partial charge is 0.0532 e. The monoisotopic (exact) mass is 613 g/mol. The van der Waals surface area contributed by atoms with Crippen LogP contribution in [0.5, 0.6) is 0 Å². The van der Waals surface area contributed by atoms with Crippen LogP contribution in [0.4, 0.5) is 0 Å². The van der Waals surface area contributed by atoms with Crippen LogP contribution in [0.15, 0.2) is 0 Å². The van der Waals surface area contributed by atoms with Gasteiger partial charge in [-0.25, -0.2) is 0 Å². The van der Waals surface area contributed by atoms with E-state index >= 15 is 0 Å². The molecule has 12 heteroatoms. The average Bonchev–Trinajstić information content (AvgIpc) is 3.04. The maximum absolute atomic E-state index is 2.82. The minimum atomic E-state index is 0.791. The topological polar surface area (TPSA) is 38.9 Å². The number of nitrogens with zero attached hydrogens (tertiary/aromatic N) is 12. The second kappa shape index (κ2) is 12.9. The Bertz CT molecular complexity index is 771. The molecule has 9 aliphatic rings. The highest BCUT2D eigenvalue weighted by molar-refractivity contribution is 4.90. The van der Waals surface area contributed by atoms with Crippen molar-refractivity contribution < 1.29 is 0 Å². The molecule has 0 radical (unpaired) electrons. The highest BCUT2D eigenvalue weighted by Crippen LogP contribution is 2.29. The zero-order chi connectivity index (χ0) is 29.0. The van der Waals surface area contributed by atoms with Gasteiger partial charge in [-0.15, -0.1) is 0 Å². The maximum atomic E-state index is 2.82. The fourth-order valence-electron chi connectivity index (χ4n) is 10.5. The molecule has 0 aromatic carbocycles. The van der Waals surface area contributed by atoms with E-state index in [9.17, 15) is 0 Å². The quantitative estimate of drug-likeness (QED) is 0.365. The van der Waals surface area contributed by atoms with Crippen LogP contribution in [0, 0.1) is 0 Å². The predicted molar refractivity (Wildman–Crippen MR) is 171 cm³/mol. The molecule has 8 unspecified atom stereocenters. The normalized spacial score (nSPS) is 54.5. The van der Waals surface area contributed by atoms with Gasteiger partial charge in [-0.1, -0.05) is 0 Å². The van der Waals surface area contributed by atoms with Crippen LogP contribution in [-0.4, -0.2) is 215 Å². The minimum absolute atomic E-state index is 0.791.